The maximum absolute atomic E-state index is 11.6. The lowest BCUT2D eigenvalue weighted by atomic mass is 9.98. The Morgan fingerprint density at radius 1 is 1.71 bits per heavy atom. The summed E-state index contributed by atoms with van der Waals surface area (Å²) in [5.74, 6) is -0.138. The smallest absolute Gasteiger partial charge is 0.245 e. The van der Waals surface area contributed by atoms with E-state index in [0.29, 0.717) is 13.1 Å². The summed E-state index contributed by atoms with van der Waals surface area (Å²) in [6.45, 7) is 8.13. The van der Waals surface area contributed by atoms with Crippen LogP contribution >= 0.6 is 0 Å². The molecule has 0 unspecified atom stereocenters. The van der Waals surface area contributed by atoms with Gasteiger partial charge in [0.15, 0.2) is 0 Å². The Morgan fingerprint density at radius 3 is 2.93 bits per heavy atom. The van der Waals surface area contributed by atoms with Gasteiger partial charge in [0.25, 0.3) is 0 Å². The summed E-state index contributed by atoms with van der Waals surface area (Å²) < 4.78 is 0. The normalized spacial score (nSPS) is 20.1. The second-order valence-corrected chi connectivity index (χ2v) is 3.85. The van der Waals surface area contributed by atoms with E-state index in [4.69, 9.17) is 0 Å². The van der Waals surface area contributed by atoms with Gasteiger partial charge in [-0.05, 0) is 13.8 Å². The predicted octanol–water partition coefficient (Wildman–Crippen LogP) is 0.299. The molecule has 4 heteroatoms. The van der Waals surface area contributed by atoms with Gasteiger partial charge in [0.05, 0.1) is 0 Å². The Kier molecular flexibility index (Phi) is 2.93. The summed E-state index contributed by atoms with van der Waals surface area (Å²) in [6.07, 6.45) is 1.85. The van der Waals surface area contributed by atoms with Gasteiger partial charge in [-0.15, -0.1) is 6.58 Å². The third kappa shape index (κ3) is 1.78. The van der Waals surface area contributed by atoms with E-state index in [9.17, 15) is 9.59 Å². The maximum Gasteiger partial charge on any atom is 0.245 e. The lowest BCUT2D eigenvalue weighted by molar-refractivity contribution is -0.148. The van der Waals surface area contributed by atoms with Crippen molar-refractivity contribution in [3.05, 3.63) is 12.7 Å². The molecule has 4 nitrogen and oxygen atoms in total. The molecule has 78 valence electrons. The molecule has 1 N–H and O–H groups in total. The van der Waals surface area contributed by atoms with Crippen molar-refractivity contribution in [3.8, 4) is 0 Å². The highest BCUT2D eigenvalue weighted by molar-refractivity contribution is 5.92. The molecule has 1 saturated heterocycles. The molecule has 0 aliphatic carbocycles. The first-order valence-corrected chi connectivity index (χ1v) is 4.70. The second kappa shape index (κ2) is 3.82. The van der Waals surface area contributed by atoms with Gasteiger partial charge in [0.1, 0.15) is 5.54 Å². The minimum atomic E-state index is -0.738. The minimum absolute atomic E-state index is 0.0418. The Bertz CT molecular complexity index is 271. The number of nitrogens with zero attached hydrogens (tertiary/aromatic N) is 1. The molecule has 1 aliphatic rings. The fourth-order valence-corrected chi connectivity index (χ4v) is 1.57. The van der Waals surface area contributed by atoms with Crippen LogP contribution in [0.4, 0.5) is 0 Å². The number of nitrogens with one attached hydrogen (secondary N) is 1. The number of hydrogen-bond acceptors (Lipinski definition) is 2. The number of carbonyl (C=O) groups is 2. The Balaban J connectivity index is 2.81. The molecular weight excluding hydrogens is 180 g/mol. The quantitative estimate of drug-likeness (QED) is 0.646. The summed E-state index contributed by atoms with van der Waals surface area (Å²) >= 11 is 0. The highest BCUT2D eigenvalue weighted by Crippen LogP contribution is 2.18. The van der Waals surface area contributed by atoms with Crippen LogP contribution in [0.1, 0.15) is 20.3 Å². The molecule has 1 fully saturated rings. The first-order valence-electron chi connectivity index (χ1n) is 4.70. The van der Waals surface area contributed by atoms with E-state index in [2.05, 4.69) is 11.9 Å². The summed E-state index contributed by atoms with van der Waals surface area (Å²) in [4.78, 5) is 24.7. The summed E-state index contributed by atoms with van der Waals surface area (Å²) in [7, 11) is 0. The van der Waals surface area contributed by atoms with Crippen LogP contribution in [0, 0.1) is 0 Å². The monoisotopic (exact) mass is 196 g/mol. The lowest BCUT2D eigenvalue weighted by Gasteiger charge is -2.41. The third-order valence-corrected chi connectivity index (χ3v) is 2.47. The Hall–Kier alpha value is -1.32. The number of piperazine rings is 1. The van der Waals surface area contributed by atoms with Gasteiger partial charge in [0.2, 0.25) is 11.8 Å². The minimum Gasteiger partial charge on any atom is -0.352 e. The van der Waals surface area contributed by atoms with Crippen molar-refractivity contribution >= 4 is 11.8 Å². The topological polar surface area (TPSA) is 49.4 Å². The van der Waals surface area contributed by atoms with Crippen molar-refractivity contribution in [2.75, 3.05) is 13.1 Å². The number of carbonyl (C=O) groups excluding carboxylic acids is 2. The van der Waals surface area contributed by atoms with Crippen molar-refractivity contribution in [2.45, 2.75) is 25.8 Å². The fraction of sp³-hybridized carbons (Fsp3) is 0.600. The van der Waals surface area contributed by atoms with E-state index in [0.717, 1.165) is 0 Å². The zero-order valence-electron chi connectivity index (χ0n) is 8.67. The summed E-state index contributed by atoms with van der Waals surface area (Å²) in [5.41, 5.74) is -0.738. The molecule has 0 saturated carbocycles. The van der Waals surface area contributed by atoms with Crippen LogP contribution in [0.25, 0.3) is 0 Å². The van der Waals surface area contributed by atoms with E-state index in [-0.39, 0.29) is 18.2 Å². The predicted molar refractivity (Wildman–Crippen MR) is 53.6 cm³/mol. The first kappa shape index (κ1) is 10.8. The van der Waals surface area contributed by atoms with E-state index in [1.807, 2.05) is 0 Å². The zero-order valence-corrected chi connectivity index (χ0v) is 8.67. The molecule has 2 amide bonds. The van der Waals surface area contributed by atoms with Gasteiger partial charge < -0.3 is 10.2 Å². The van der Waals surface area contributed by atoms with Crippen LogP contribution in [-0.2, 0) is 9.59 Å². The van der Waals surface area contributed by atoms with Gasteiger partial charge in [-0.1, -0.05) is 6.08 Å². The van der Waals surface area contributed by atoms with Crippen molar-refractivity contribution in [3.63, 3.8) is 0 Å². The highest BCUT2D eigenvalue weighted by atomic mass is 16.2. The number of hydrogen-bond donors (Lipinski definition) is 1. The molecule has 0 atom stereocenters. The van der Waals surface area contributed by atoms with Gasteiger partial charge >= 0.3 is 0 Å². The average molecular weight is 196 g/mol. The van der Waals surface area contributed by atoms with Crippen molar-refractivity contribution < 1.29 is 9.59 Å². The molecule has 1 heterocycles. The van der Waals surface area contributed by atoms with Crippen LogP contribution < -0.4 is 5.32 Å². The molecule has 0 aromatic heterocycles. The molecule has 0 aromatic carbocycles. The fourth-order valence-electron chi connectivity index (χ4n) is 1.57. The second-order valence-electron chi connectivity index (χ2n) is 3.85. The van der Waals surface area contributed by atoms with Gasteiger partial charge in [-0.25, -0.2) is 0 Å². The number of amides is 2. The number of rotatable bonds is 2. The molecule has 1 rings (SSSR count). The molecule has 0 aromatic rings. The first-order chi connectivity index (χ1) is 6.50. The third-order valence-electron chi connectivity index (χ3n) is 2.47. The standard InChI is InChI=1S/C10H16N2O2/c1-4-5-8(13)12-7-6-11-9(14)10(12,2)3/h4H,1,5-7H2,2-3H3,(H,11,14). The Labute approximate surface area is 84.0 Å². The van der Waals surface area contributed by atoms with E-state index >= 15 is 0 Å². The van der Waals surface area contributed by atoms with Crippen LogP contribution in [0.3, 0.4) is 0 Å². The lowest BCUT2D eigenvalue weighted by Crippen LogP contribution is -2.63. The van der Waals surface area contributed by atoms with Gasteiger partial charge in [-0.2, -0.15) is 0 Å². The van der Waals surface area contributed by atoms with Gasteiger partial charge in [-0.3, -0.25) is 9.59 Å². The van der Waals surface area contributed by atoms with Gasteiger partial charge in [0, 0.05) is 19.5 Å². The highest BCUT2D eigenvalue weighted by Gasteiger charge is 2.39. The van der Waals surface area contributed by atoms with Crippen LogP contribution in [0.5, 0.6) is 0 Å². The summed E-state index contributed by atoms with van der Waals surface area (Å²) in [6, 6.07) is 0. The van der Waals surface area contributed by atoms with E-state index < -0.39 is 5.54 Å². The molecular formula is C10H16N2O2. The van der Waals surface area contributed by atoms with Crippen molar-refractivity contribution in [1.82, 2.24) is 10.2 Å². The molecule has 1 aliphatic heterocycles. The Morgan fingerprint density at radius 2 is 2.36 bits per heavy atom. The maximum atomic E-state index is 11.6. The molecule has 0 spiro atoms. The van der Waals surface area contributed by atoms with Crippen molar-refractivity contribution in [1.29, 1.82) is 0 Å². The van der Waals surface area contributed by atoms with E-state index in [1.165, 1.54) is 0 Å². The largest absolute Gasteiger partial charge is 0.352 e. The SMILES string of the molecule is C=CCC(=O)N1CCNC(=O)C1(C)C. The van der Waals surface area contributed by atoms with E-state index in [1.54, 1.807) is 24.8 Å². The summed E-state index contributed by atoms with van der Waals surface area (Å²) in [5, 5.41) is 2.74. The molecule has 0 bridgehead atoms. The van der Waals surface area contributed by atoms with Crippen LogP contribution in [-0.4, -0.2) is 35.3 Å². The zero-order chi connectivity index (χ0) is 10.8. The average Bonchev–Trinajstić information content (AvgIpc) is 2.10. The molecule has 14 heavy (non-hydrogen) atoms. The van der Waals surface area contributed by atoms with Crippen LogP contribution in [0.2, 0.25) is 0 Å². The van der Waals surface area contributed by atoms with Crippen molar-refractivity contribution in [2.24, 2.45) is 0 Å². The van der Waals surface area contributed by atoms with Crippen LogP contribution in [0.15, 0.2) is 12.7 Å². The molecule has 0 radical (unpaired) electrons.